The second-order valence-electron chi connectivity index (χ2n) is 5.82. The molecule has 0 saturated carbocycles. The highest BCUT2D eigenvalue weighted by Gasteiger charge is 2.24. The maximum Gasteiger partial charge on any atom is 0.264 e. The van der Waals surface area contributed by atoms with Gasteiger partial charge in [0.2, 0.25) is 0 Å². The molecule has 0 aliphatic heterocycles. The van der Waals surface area contributed by atoms with Crippen LogP contribution < -0.4 is 4.31 Å². The van der Waals surface area contributed by atoms with Gasteiger partial charge in [-0.05, 0) is 37.6 Å². The van der Waals surface area contributed by atoms with E-state index in [0.717, 1.165) is 18.4 Å². The lowest BCUT2D eigenvalue weighted by Crippen LogP contribution is -2.31. The van der Waals surface area contributed by atoms with Crippen LogP contribution in [0.1, 0.15) is 35.7 Å². The van der Waals surface area contributed by atoms with Crippen LogP contribution in [-0.2, 0) is 10.0 Å². The number of nitrogens with zero attached hydrogens (tertiary/aromatic N) is 1. The maximum atomic E-state index is 13.1. The molecule has 0 heterocycles. The molecule has 0 atom stereocenters. The van der Waals surface area contributed by atoms with Crippen LogP contribution in [0, 0.1) is 6.92 Å². The van der Waals surface area contributed by atoms with E-state index < -0.39 is 10.0 Å². The summed E-state index contributed by atoms with van der Waals surface area (Å²) in [6.45, 7) is 4.20. The number of sulfonamides is 1. The zero-order valence-corrected chi connectivity index (χ0v) is 15.4. The van der Waals surface area contributed by atoms with Gasteiger partial charge in [-0.2, -0.15) is 0 Å². The standard InChI is InChI=1S/C20H23NO3S/c1-3-4-5-6-14-21(19-9-7-8-18(15-19)16-22)25(23,24)20-12-10-17(2)11-13-20/h5-13,15-16H,3-4,14H2,1-2H3/b6-5-. The van der Waals surface area contributed by atoms with Crippen molar-refractivity contribution in [2.75, 3.05) is 10.8 Å². The van der Waals surface area contributed by atoms with E-state index >= 15 is 0 Å². The van der Waals surface area contributed by atoms with Crippen molar-refractivity contribution in [3.05, 3.63) is 71.8 Å². The fraction of sp³-hybridized carbons (Fsp3) is 0.250. The average molecular weight is 357 g/mol. The third-order valence-corrected chi connectivity index (χ3v) is 5.60. The van der Waals surface area contributed by atoms with Crippen molar-refractivity contribution >= 4 is 22.0 Å². The summed E-state index contributed by atoms with van der Waals surface area (Å²) in [5.74, 6) is 0. The number of unbranched alkanes of at least 4 members (excludes halogenated alkanes) is 1. The number of carbonyl (C=O) groups excluding carboxylic acids is 1. The van der Waals surface area contributed by atoms with Crippen LogP contribution >= 0.6 is 0 Å². The highest BCUT2D eigenvalue weighted by molar-refractivity contribution is 7.92. The molecule has 4 nitrogen and oxygen atoms in total. The molecular weight excluding hydrogens is 334 g/mol. The lowest BCUT2D eigenvalue weighted by molar-refractivity contribution is 0.112. The van der Waals surface area contributed by atoms with Gasteiger partial charge in [0.1, 0.15) is 6.29 Å². The lowest BCUT2D eigenvalue weighted by atomic mass is 10.2. The number of hydrogen-bond donors (Lipinski definition) is 0. The molecule has 0 aliphatic carbocycles. The first-order valence-electron chi connectivity index (χ1n) is 8.28. The van der Waals surface area contributed by atoms with Crippen LogP contribution in [0.25, 0.3) is 0 Å². The van der Waals surface area contributed by atoms with Crippen molar-refractivity contribution < 1.29 is 13.2 Å². The van der Waals surface area contributed by atoms with Crippen molar-refractivity contribution in [3.8, 4) is 0 Å². The number of carbonyl (C=O) groups is 1. The fourth-order valence-corrected chi connectivity index (χ4v) is 3.80. The zero-order chi connectivity index (χ0) is 18.3. The summed E-state index contributed by atoms with van der Waals surface area (Å²) < 4.78 is 27.6. The van der Waals surface area contributed by atoms with Gasteiger partial charge in [0, 0.05) is 5.56 Å². The maximum absolute atomic E-state index is 13.1. The van der Waals surface area contributed by atoms with Crippen LogP contribution in [-0.4, -0.2) is 21.2 Å². The molecule has 0 amide bonds. The Morgan fingerprint density at radius 1 is 1.04 bits per heavy atom. The second-order valence-corrected chi connectivity index (χ2v) is 7.68. The highest BCUT2D eigenvalue weighted by Crippen LogP contribution is 2.24. The molecule has 2 rings (SSSR count). The van der Waals surface area contributed by atoms with E-state index in [-0.39, 0.29) is 11.4 Å². The first-order chi connectivity index (χ1) is 12.0. The molecule has 2 aromatic rings. The Kier molecular flexibility index (Phi) is 6.53. The van der Waals surface area contributed by atoms with Crippen molar-refractivity contribution in [2.45, 2.75) is 31.6 Å². The monoisotopic (exact) mass is 357 g/mol. The minimum absolute atomic E-state index is 0.221. The summed E-state index contributed by atoms with van der Waals surface area (Å²) in [7, 11) is -3.72. The fourth-order valence-electron chi connectivity index (χ4n) is 2.39. The van der Waals surface area contributed by atoms with Crippen molar-refractivity contribution in [2.24, 2.45) is 0 Å². The molecule has 0 unspecified atom stereocenters. The van der Waals surface area contributed by atoms with E-state index in [1.54, 1.807) is 48.5 Å². The summed E-state index contributed by atoms with van der Waals surface area (Å²) in [6.07, 6.45) is 6.44. The predicted molar refractivity (Wildman–Crippen MR) is 102 cm³/mol. The third-order valence-electron chi connectivity index (χ3n) is 3.80. The Bertz CT molecular complexity index is 839. The van der Waals surface area contributed by atoms with Crippen molar-refractivity contribution in [1.29, 1.82) is 0 Å². The zero-order valence-electron chi connectivity index (χ0n) is 14.6. The van der Waals surface area contributed by atoms with Gasteiger partial charge in [-0.1, -0.05) is 55.3 Å². The summed E-state index contributed by atoms with van der Waals surface area (Å²) in [6, 6.07) is 13.4. The Labute approximate surface area is 149 Å². The average Bonchev–Trinajstić information content (AvgIpc) is 2.62. The van der Waals surface area contributed by atoms with E-state index in [0.29, 0.717) is 17.5 Å². The SMILES string of the molecule is CCC/C=C\CN(c1cccc(C=O)c1)S(=O)(=O)c1ccc(C)cc1. The molecule has 0 bridgehead atoms. The highest BCUT2D eigenvalue weighted by atomic mass is 32.2. The number of hydrogen-bond acceptors (Lipinski definition) is 3. The second kappa shape index (κ2) is 8.62. The Hall–Kier alpha value is -2.40. The smallest absolute Gasteiger partial charge is 0.264 e. The molecule has 0 N–H and O–H groups in total. The van der Waals surface area contributed by atoms with Gasteiger partial charge in [-0.15, -0.1) is 0 Å². The summed E-state index contributed by atoms with van der Waals surface area (Å²) >= 11 is 0. The molecule has 132 valence electrons. The Morgan fingerprint density at radius 3 is 2.40 bits per heavy atom. The van der Waals surface area contributed by atoms with Gasteiger partial charge in [-0.3, -0.25) is 9.10 Å². The molecule has 0 spiro atoms. The quantitative estimate of drug-likeness (QED) is 0.521. The van der Waals surface area contributed by atoms with Gasteiger partial charge in [0.05, 0.1) is 17.1 Å². The van der Waals surface area contributed by atoms with E-state index in [2.05, 4.69) is 6.92 Å². The normalized spacial score (nSPS) is 11.6. The lowest BCUT2D eigenvalue weighted by Gasteiger charge is -2.23. The summed E-state index contributed by atoms with van der Waals surface area (Å²) in [5.41, 5.74) is 1.92. The summed E-state index contributed by atoms with van der Waals surface area (Å²) in [4.78, 5) is 11.3. The number of benzene rings is 2. The van der Waals surface area contributed by atoms with Crippen molar-refractivity contribution in [1.82, 2.24) is 0 Å². The molecule has 2 aromatic carbocycles. The van der Waals surface area contributed by atoms with Gasteiger partial charge < -0.3 is 0 Å². The van der Waals surface area contributed by atoms with Gasteiger partial charge >= 0.3 is 0 Å². The minimum Gasteiger partial charge on any atom is -0.298 e. The predicted octanol–water partition coefficient (Wildman–Crippen LogP) is 4.36. The third kappa shape index (κ3) is 4.79. The molecule has 0 saturated heterocycles. The van der Waals surface area contributed by atoms with Gasteiger partial charge in [0.25, 0.3) is 10.0 Å². The van der Waals surface area contributed by atoms with Crippen molar-refractivity contribution in [3.63, 3.8) is 0 Å². The van der Waals surface area contributed by atoms with E-state index in [1.165, 1.54) is 4.31 Å². The van der Waals surface area contributed by atoms with E-state index in [1.807, 2.05) is 19.1 Å². The topological polar surface area (TPSA) is 54.5 Å². The molecule has 5 heteroatoms. The van der Waals surface area contributed by atoms with Crippen LogP contribution in [0.15, 0.2) is 65.6 Å². The number of aldehydes is 1. The molecular formula is C20H23NO3S. The first-order valence-corrected chi connectivity index (χ1v) is 9.72. The van der Waals surface area contributed by atoms with Gasteiger partial charge in [0.15, 0.2) is 0 Å². The number of anilines is 1. The van der Waals surface area contributed by atoms with Crippen LogP contribution in [0.3, 0.4) is 0 Å². The minimum atomic E-state index is -3.72. The molecule has 0 aromatic heterocycles. The van der Waals surface area contributed by atoms with E-state index in [9.17, 15) is 13.2 Å². The van der Waals surface area contributed by atoms with Gasteiger partial charge in [-0.25, -0.2) is 8.42 Å². The Balaban J connectivity index is 2.45. The Morgan fingerprint density at radius 2 is 1.76 bits per heavy atom. The van der Waals surface area contributed by atoms with Crippen LogP contribution in [0.5, 0.6) is 0 Å². The summed E-state index contributed by atoms with van der Waals surface area (Å²) in [5, 5.41) is 0. The number of aryl methyl sites for hydroxylation is 1. The number of rotatable bonds is 8. The largest absolute Gasteiger partial charge is 0.298 e. The molecule has 0 aliphatic rings. The van der Waals surface area contributed by atoms with Crippen LogP contribution in [0.2, 0.25) is 0 Å². The van der Waals surface area contributed by atoms with Crippen LogP contribution in [0.4, 0.5) is 5.69 Å². The molecule has 0 fully saturated rings. The number of allylic oxidation sites excluding steroid dienone is 1. The van der Waals surface area contributed by atoms with E-state index in [4.69, 9.17) is 0 Å². The first kappa shape index (κ1) is 18.9. The molecule has 0 radical (unpaired) electrons. The molecule has 25 heavy (non-hydrogen) atoms.